The minimum absolute atomic E-state index is 0.910. The number of aryl methyl sites for hydroxylation is 1. The molecule has 0 radical (unpaired) electrons. The maximum absolute atomic E-state index is 4.60. The van der Waals surface area contributed by atoms with Crippen molar-refractivity contribution < 1.29 is 0 Å². The van der Waals surface area contributed by atoms with Gasteiger partial charge in [0.05, 0.1) is 5.69 Å². The van der Waals surface area contributed by atoms with E-state index >= 15 is 0 Å². The van der Waals surface area contributed by atoms with Crippen LogP contribution in [0.4, 0.5) is 11.6 Å². The molecule has 0 saturated carbocycles. The van der Waals surface area contributed by atoms with Crippen molar-refractivity contribution in [3.8, 4) is 0 Å². The second-order valence-electron chi connectivity index (χ2n) is 5.78. The Labute approximate surface area is 134 Å². The average molecular weight is 309 g/mol. The summed E-state index contributed by atoms with van der Waals surface area (Å²) in [5.41, 5.74) is 2.08. The maximum Gasteiger partial charge on any atom is 0.154 e. The third-order valence-electron chi connectivity index (χ3n) is 4.17. The van der Waals surface area contributed by atoms with Gasteiger partial charge in [-0.05, 0) is 31.5 Å². The fourth-order valence-electron chi connectivity index (χ4n) is 3.09. The molecule has 7 heteroatoms. The number of nitrogens with zero attached hydrogens (tertiary/aromatic N) is 7. The molecule has 1 saturated heterocycles. The lowest BCUT2D eigenvalue weighted by atomic mass is 10.3. The molecule has 0 unspecified atom stereocenters. The highest BCUT2D eigenvalue weighted by atomic mass is 15.3. The van der Waals surface area contributed by atoms with Crippen LogP contribution in [0.5, 0.6) is 0 Å². The molecular weight excluding hydrogens is 290 g/mol. The monoisotopic (exact) mass is 309 g/mol. The second kappa shape index (κ2) is 5.83. The first-order valence-corrected chi connectivity index (χ1v) is 7.90. The van der Waals surface area contributed by atoms with Gasteiger partial charge in [-0.15, -0.1) is 5.10 Å². The van der Waals surface area contributed by atoms with Gasteiger partial charge in [-0.3, -0.25) is 0 Å². The van der Waals surface area contributed by atoms with E-state index in [0.717, 1.165) is 55.4 Å². The molecule has 3 aromatic heterocycles. The highest BCUT2D eigenvalue weighted by molar-refractivity contribution is 5.69. The van der Waals surface area contributed by atoms with Crippen LogP contribution in [0.15, 0.2) is 36.8 Å². The van der Waals surface area contributed by atoms with Crippen LogP contribution < -0.4 is 9.80 Å². The largest absolute Gasteiger partial charge is 0.353 e. The van der Waals surface area contributed by atoms with E-state index in [1.165, 1.54) is 0 Å². The van der Waals surface area contributed by atoms with E-state index in [9.17, 15) is 0 Å². The molecule has 0 aliphatic carbocycles. The zero-order chi connectivity index (χ0) is 15.6. The van der Waals surface area contributed by atoms with E-state index in [1.54, 1.807) is 6.20 Å². The Morgan fingerprint density at radius 3 is 2.78 bits per heavy atom. The van der Waals surface area contributed by atoms with Gasteiger partial charge in [-0.2, -0.15) is 10.2 Å². The normalized spacial score (nSPS) is 15.9. The predicted octanol–water partition coefficient (Wildman–Crippen LogP) is 1.54. The van der Waals surface area contributed by atoms with Crippen molar-refractivity contribution >= 4 is 17.2 Å². The molecule has 0 bridgehead atoms. The Hall–Kier alpha value is -2.70. The van der Waals surface area contributed by atoms with Crippen molar-refractivity contribution in [2.45, 2.75) is 13.3 Å². The molecular formula is C16H19N7. The molecule has 4 rings (SSSR count). The van der Waals surface area contributed by atoms with Gasteiger partial charge in [0.25, 0.3) is 0 Å². The molecule has 1 aliphatic heterocycles. The van der Waals surface area contributed by atoms with Crippen molar-refractivity contribution in [1.29, 1.82) is 0 Å². The zero-order valence-electron chi connectivity index (χ0n) is 13.1. The first kappa shape index (κ1) is 13.9. The van der Waals surface area contributed by atoms with Gasteiger partial charge in [0, 0.05) is 44.8 Å². The maximum atomic E-state index is 4.60. The fraction of sp³-hybridized carbons (Fsp3) is 0.375. The van der Waals surface area contributed by atoms with Crippen molar-refractivity contribution in [3.05, 3.63) is 42.5 Å². The third-order valence-corrected chi connectivity index (χ3v) is 4.17. The topological polar surface area (TPSA) is 62.5 Å². The van der Waals surface area contributed by atoms with Crippen LogP contribution in [0.1, 0.15) is 12.1 Å². The van der Waals surface area contributed by atoms with Crippen LogP contribution in [-0.4, -0.2) is 51.0 Å². The molecule has 1 aliphatic rings. The molecule has 7 nitrogen and oxygen atoms in total. The molecule has 0 N–H and O–H groups in total. The summed E-state index contributed by atoms with van der Waals surface area (Å²) in [5.74, 6) is 1.95. The SMILES string of the molecule is Cc1cc2c(N3CCCN(c4cccnn4)CC3)nccn2n1. The summed E-state index contributed by atoms with van der Waals surface area (Å²) < 4.78 is 1.91. The van der Waals surface area contributed by atoms with E-state index in [0.29, 0.717) is 0 Å². The van der Waals surface area contributed by atoms with Crippen LogP contribution in [0.2, 0.25) is 0 Å². The second-order valence-corrected chi connectivity index (χ2v) is 5.78. The zero-order valence-corrected chi connectivity index (χ0v) is 13.1. The first-order chi connectivity index (χ1) is 11.3. The average Bonchev–Trinajstić information content (AvgIpc) is 2.81. The smallest absolute Gasteiger partial charge is 0.154 e. The van der Waals surface area contributed by atoms with Crippen molar-refractivity contribution in [1.82, 2.24) is 24.8 Å². The van der Waals surface area contributed by atoms with Crippen LogP contribution in [0, 0.1) is 6.92 Å². The lowest BCUT2D eigenvalue weighted by Gasteiger charge is -2.23. The van der Waals surface area contributed by atoms with Crippen molar-refractivity contribution in [3.63, 3.8) is 0 Å². The number of aromatic nitrogens is 5. The highest BCUT2D eigenvalue weighted by Crippen LogP contribution is 2.22. The van der Waals surface area contributed by atoms with Crippen LogP contribution in [0.3, 0.4) is 0 Å². The third kappa shape index (κ3) is 2.69. The summed E-state index contributed by atoms with van der Waals surface area (Å²) in [5, 5.41) is 12.7. The van der Waals surface area contributed by atoms with E-state index in [4.69, 9.17) is 0 Å². The molecule has 23 heavy (non-hydrogen) atoms. The Balaban J connectivity index is 1.58. The van der Waals surface area contributed by atoms with Gasteiger partial charge in [0.1, 0.15) is 5.52 Å². The predicted molar refractivity (Wildman–Crippen MR) is 88.8 cm³/mol. The molecule has 0 atom stereocenters. The van der Waals surface area contributed by atoms with Gasteiger partial charge in [-0.25, -0.2) is 9.50 Å². The minimum atomic E-state index is 0.910. The Bertz CT molecular complexity index is 799. The molecule has 4 heterocycles. The summed E-state index contributed by atoms with van der Waals surface area (Å²) in [6.07, 6.45) is 6.49. The Morgan fingerprint density at radius 1 is 1.04 bits per heavy atom. The highest BCUT2D eigenvalue weighted by Gasteiger charge is 2.19. The first-order valence-electron chi connectivity index (χ1n) is 7.90. The molecule has 0 aromatic carbocycles. The number of hydrogen-bond donors (Lipinski definition) is 0. The summed E-state index contributed by atoms with van der Waals surface area (Å²) in [6.45, 7) is 5.79. The quantitative estimate of drug-likeness (QED) is 0.715. The van der Waals surface area contributed by atoms with Crippen LogP contribution >= 0.6 is 0 Å². The van der Waals surface area contributed by atoms with Gasteiger partial charge in [-0.1, -0.05) is 0 Å². The Morgan fingerprint density at radius 2 is 1.91 bits per heavy atom. The summed E-state index contributed by atoms with van der Waals surface area (Å²) in [4.78, 5) is 9.23. The standard InChI is InChI=1S/C16H19N7/c1-13-12-14-16(17-6-9-23(14)20-13)22-8-3-7-21(10-11-22)15-4-2-5-18-19-15/h2,4-6,9,12H,3,7-8,10-11H2,1H3. The van der Waals surface area contributed by atoms with E-state index < -0.39 is 0 Å². The number of hydrogen-bond acceptors (Lipinski definition) is 6. The van der Waals surface area contributed by atoms with E-state index in [1.807, 2.05) is 36.0 Å². The summed E-state index contributed by atoms with van der Waals surface area (Å²) >= 11 is 0. The minimum Gasteiger partial charge on any atom is -0.353 e. The number of rotatable bonds is 2. The Kier molecular flexibility index (Phi) is 3.53. The number of fused-ring (bicyclic) bond motifs is 1. The molecule has 0 amide bonds. The summed E-state index contributed by atoms with van der Waals surface area (Å²) in [6, 6.07) is 6.04. The van der Waals surface area contributed by atoms with Gasteiger partial charge in [0.15, 0.2) is 11.6 Å². The summed E-state index contributed by atoms with van der Waals surface area (Å²) in [7, 11) is 0. The molecule has 3 aromatic rings. The molecule has 118 valence electrons. The van der Waals surface area contributed by atoms with Crippen LogP contribution in [-0.2, 0) is 0 Å². The van der Waals surface area contributed by atoms with Gasteiger partial charge in [0.2, 0.25) is 0 Å². The lowest BCUT2D eigenvalue weighted by molar-refractivity contribution is 0.785. The molecule has 0 spiro atoms. The van der Waals surface area contributed by atoms with Crippen molar-refractivity contribution in [2.75, 3.05) is 36.0 Å². The van der Waals surface area contributed by atoms with E-state index in [-0.39, 0.29) is 0 Å². The van der Waals surface area contributed by atoms with Gasteiger partial charge < -0.3 is 9.80 Å². The number of anilines is 2. The van der Waals surface area contributed by atoms with E-state index in [2.05, 4.69) is 36.1 Å². The van der Waals surface area contributed by atoms with Gasteiger partial charge >= 0.3 is 0 Å². The lowest BCUT2D eigenvalue weighted by Crippen LogP contribution is -2.31. The van der Waals surface area contributed by atoms with Crippen LogP contribution in [0.25, 0.3) is 5.52 Å². The van der Waals surface area contributed by atoms with Crippen molar-refractivity contribution in [2.24, 2.45) is 0 Å². The molecule has 1 fully saturated rings. The fourth-order valence-corrected chi connectivity index (χ4v) is 3.09.